The summed E-state index contributed by atoms with van der Waals surface area (Å²) in [4.78, 5) is 40.9. The summed E-state index contributed by atoms with van der Waals surface area (Å²) in [6.07, 6.45) is 4.24. The Morgan fingerprint density at radius 3 is 2.22 bits per heavy atom. The first kappa shape index (κ1) is 34.1. The molecule has 3 heterocycles. The lowest BCUT2D eigenvalue weighted by Crippen LogP contribution is -2.36. The minimum absolute atomic E-state index is 0.0218. The van der Waals surface area contributed by atoms with Gasteiger partial charge in [-0.2, -0.15) is 0 Å². The maximum Gasteiger partial charge on any atom is 0.303 e. The monoisotopic (exact) mass is 689 g/mol. The maximum atomic E-state index is 13.6. The Kier molecular flexibility index (Phi) is 10.2. The first-order valence-electron chi connectivity index (χ1n) is 17.6. The molecule has 0 radical (unpaired) electrons. The van der Waals surface area contributed by atoms with Gasteiger partial charge in [0, 0.05) is 36.9 Å². The average Bonchev–Trinajstić information content (AvgIpc) is 3.67. The molecule has 262 valence electrons. The molecule has 0 atom stereocenters. The van der Waals surface area contributed by atoms with Crippen molar-refractivity contribution in [3.8, 4) is 5.75 Å². The number of carbonyl (C=O) groups is 3. The number of para-hydroxylation sites is 1. The number of benzene rings is 4. The van der Waals surface area contributed by atoms with E-state index in [-0.39, 0.29) is 36.5 Å². The van der Waals surface area contributed by atoms with Crippen LogP contribution in [0, 0.1) is 5.82 Å². The summed E-state index contributed by atoms with van der Waals surface area (Å²) in [6.45, 7) is 3.44. The largest absolute Gasteiger partial charge is 0.492 e. The van der Waals surface area contributed by atoms with E-state index in [1.54, 1.807) is 30.3 Å². The number of hydrogen-bond acceptors (Lipinski definition) is 7. The zero-order valence-corrected chi connectivity index (χ0v) is 28.4. The molecule has 10 heteroatoms. The van der Waals surface area contributed by atoms with Gasteiger partial charge in [-0.1, -0.05) is 53.7 Å². The number of ether oxygens (including phenoxy) is 1. The van der Waals surface area contributed by atoms with Crippen LogP contribution in [0.25, 0.3) is 11.0 Å². The fourth-order valence-electron chi connectivity index (χ4n) is 7.28. The van der Waals surface area contributed by atoms with E-state index < -0.39 is 5.97 Å². The number of halogens is 1. The van der Waals surface area contributed by atoms with Crippen molar-refractivity contribution in [3.63, 3.8) is 0 Å². The zero-order valence-electron chi connectivity index (χ0n) is 28.4. The van der Waals surface area contributed by atoms with Crippen LogP contribution in [0.5, 0.6) is 5.75 Å². The number of fused-ring (bicyclic) bond motifs is 2. The summed E-state index contributed by atoms with van der Waals surface area (Å²) in [5, 5.41) is 14.5. The highest BCUT2D eigenvalue weighted by molar-refractivity contribution is 6.21. The second-order valence-corrected chi connectivity index (χ2v) is 13.4. The van der Waals surface area contributed by atoms with Gasteiger partial charge in [-0.3, -0.25) is 24.2 Å². The molecule has 2 aliphatic rings. The summed E-state index contributed by atoms with van der Waals surface area (Å²) < 4.78 is 25.3. The molecule has 0 spiro atoms. The Morgan fingerprint density at radius 2 is 1.49 bits per heavy atom. The van der Waals surface area contributed by atoms with E-state index in [1.165, 1.54) is 17.0 Å². The van der Waals surface area contributed by atoms with Crippen LogP contribution in [-0.2, 0) is 30.5 Å². The van der Waals surface area contributed by atoms with Crippen molar-refractivity contribution in [1.29, 1.82) is 0 Å². The van der Waals surface area contributed by atoms with Gasteiger partial charge in [-0.15, -0.1) is 0 Å². The number of amides is 2. The molecule has 0 bridgehead atoms. The third-order valence-corrected chi connectivity index (χ3v) is 10.00. The number of piperidine rings is 1. The molecule has 1 fully saturated rings. The third-order valence-electron chi connectivity index (χ3n) is 10.00. The van der Waals surface area contributed by atoms with Crippen LogP contribution in [0.4, 0.5) is 4.39 Å². The Labute approximate surface area is 295 Å². The molecule has 7 rings (SSSR count). The van der Waals surface area contributed by atoms with E-state index in [9.17, 15) is 23.9 Å². The number of aliphatic carboxylic acids is 1. The van der Waals surface area contributed by atoms with Crippen LogP contribution in [0.1, 0.15) is 73.8 Å². The zero-order chi connectivity index (χ0) is 35.3. The van der Waals surface area contributed by atoms with Crippen LogP contribution in [0.3, 0.4) is 0 Å². The molecule has 2 amide bonds. The van der Waals surface area contributed by atoms with Crippen molar-refractivity contribution in [2.45, 2.75) is 50.9 Å². The van der Waals surface area contributed by atoms with Gasteiger partial charge < -0.3 is 14.4 Å². The first-order valence-corrected chi connectivity index (χ1v) is 17.6. The highest BCUT2D eigenvalue weighted by atomic mass is 19.1. The van der Waals surface area contributed by atoms with Gasteiger partial charge in [0.2, 0.25) is 0 Å². The summed E-state index contributed by atoms with van der Waals surface area (Å²) in [6, 6.07) is 25.7. The average molecular weight is 690 g/mol. The lowest BCUT2D eigenvalue weighted by atomic mass is 9.91. The molecule has 5 aromatic rings. The molecule has 51 heavy (non-hydrogen) atoms. The maximum absolute atomic E-state index is 13.6. The molecule has 0 saturated carbocycles. The number of imide groups is 1. The molecular weight excluding hydrogens is 649 g/mol. The summed E-state index contributed by atoms with van der Waals surface area (Å²) >= 11 is 0. The standard InChI is InChI=1S/C41H40FN3O6/c42-32-12-13-35-37(26-32)51-43-39(35)31-16-18-44(19-17-31)21-22-50-36-8-4-1-5-30(36)11-9-27-23-28(10-14-38(46)47)25-29(24-27)15-20-45-40(48)33-6-2-3-7-34(33)41(45)49/h1-8,12-13,23-26,31H,9-11,14-22H2,(H,46,47). The molecule has 1 saturated heterocycles. The van der Waals surface area contributed by atoms with Crippen molar-refractivity contribution >= 4 is 28.8 Å². The fourth-order valence-corrected chi connectivity index (χ4v) is 7.28. The van der Waals surface area contributed by atoms with Gasteiger partial charge in [0.1, 0.15) is 18.2 Å². The van der Waals surface area contributed by atoms with Crippen molar-refractivity contribution in [1.82, 2.24) is 15.0 Å². The summed E-state index contributed by atoms with van der Waals surface area (Å²) in [7, 11) is 0. The van der Waals surface area contributed by atoms with E-state index in [2.05, 4.69) is 28.3 Å². The second kappa shape index (κ2) is 15.3. The van der Waals surface area contributed by atoms with E-state index in [1.807, 2.05) is 24.3 Å². The lowest BCUT2D eigenvalue weighted by molar-refractivity contribution is -0.136. The van der Waals surface area contributed by atoms with Gasteiger partial charge >= 0.3 is 5.97 Å². The molecule has 1 aromatic heterocycles. The Bertz CT molecular complexity index is 2030. The number of aromatic nitrogens is 1. The highest BCUT2D eigenvalue weighted by Gasteiger charge is 2.34. The number of carboxylic acids is 1. The smallest absolute Gasteiger partial charge is 0.303 e. The normalized spacial score (nSPS) is 15.1. The van der Waals surface area contributed by atoms with Gasteiger partial charge in [0.15, 0.2) is 5.58 Å². The minimum atomic E-state index is -0.857. The van der Waals surface area contributed by atoms with Crippen molar-refractivity contribution in [2.24, 2.45) is 0 Å². The predicted octanol–water partition coefficient (Wildman–Crippen LogP) is 6.87. The number of aryl methyl sites for hydroxylation is 3. The Morgan fingerprint density at radius 1 is 0.824 bits per heavy atom. The molecular formula is C41H40FN3O6. The van der Waals surface area contributed by atoms with Crippen LogP contribution >= 0.6 is 0 Å². The number of nitrogens with zero attached hydrogens (tertiary/aromatic N) is 3. The van der Waals surface area contributed by atoms with Crippen molar-refractivity contribution in [2.75, 3.05) is 32.8 Å². The summed E-state index contributed by atoms with van der Waals surface area (Å²) in [5.74, 6) is -0.616. The number of carboxylic acid groups (broad SMARTS) is 1. The van der Waals surface area contributed by atoms with E-state index in [0.29, 0.717) is 36.2 Å². The van der Waals surface area contributed by atoms with E-state index in [0.717, 1.165) is 84.4 Å². The molecule has 0 unspecified atom stereocenters. The van der Waals surface area contributed by atoms with Gasteiger partial charge in [-0.25, -0.2) is 4.39 Å². The number of rotatable bonds is 14. The fraction of sp³-hybridized carbons (Fsp3) is 0.317. The van der Waals surface area contributed by atoms with E-state index in [4.69, 9.17) is 9.26 Å². The van der Waals surface area contributed by atoms with Gasteiger partial charge in [0.25, 0.3) is 11.8 Å². The topological polar surface area (TPSA) is 113 Å². The number of hydrogen-bond donors (Lipinski definition) is 1. The Balaban J connectivity index is 0.942. The first-order chi connectivity index (χ1) is 24.8. The van der Waals surface area contributed by atoms with Crippen LogP contribution < -0.4 is 4.74 Å². The lowest BCUT2D eigenvalue weighted by Gasteiger charge is -2.31. The number of carbonyl (C=O) groups excluding carboxylic acids is 2. The second-order valence-electron chi connectivity index (χ2n) is 13.4. The van der Waals surface area contributed by atoms with E-state index >= 15 is 0 Å². The third kappa shape index (κ3) is 7.86. The Hall–Kier alpha value is -5.35. The number of likely N-dealkylation sites (tertiary alicyclic amines) is 1. The van der Waals surface area contributed by atoms with Crippen LogP contribution in [0.2, 0.25) is 0 Å². The molecule has 4 aromatic carbocycles. The molecule has 0 aliphatic carbocycles. The quantitative estimate of drug-likeness (QED) is 0.126. The highest BCUT2D eigenvalue weighted by Crippen LogP contribution is 2.33. The van der Waals surface area contributed by atoms with Crippen molar-refractivity contribution < 1.29 is 33.1 Å². The van der Waals surface area contributed by atoms with Gasteiger partial charge in [0.05, 0.1) is 16.8 Å². The summed E-state index contributed by atoms with van der Waals surface area (Å²) in [5.41, 5.74) is 6.31. The van der Waals surface area contributed by atoms with Gasteiger partial charge in [-0.05, 0) is 104 Å². The molecule has 9 nitrogen and oxygen atoms in total. The SMILES string of the molecule is O=C(O)CCc1cc(CCc2ccccc2OCCN2CCC(c3noc4cc(F)ccc34)CC2)cc(CCN2C(=O)c3ccccc3C2=O)c1. The van der Waals surface area contributed by atoms with Crippen LogP contribution in [-0.4, -0.2) is 70.6 Å². The van der Waals surface area contributed by atoms with Crippen LogP contribution in [0.15, 0.2) is 89.5 Å². The molecule has 2 aliphatic heterocycles. The van der Waals surface area contributed by atoms with Crippen molar-refractivity contribution in [3.05, 3.63) is 130 Å². The predicted molar refractivity (Wildman–Crippen MR) is 190 cm³/mol. The minimum Gasteiger partial charge on any atom is -0.492 e. The molecule has 1 N–H and O–H groups in total.